The van der Waals surface area contributed by atoms with Crippen LogP contribution in [-0.2, 0) is 4.79 Å². The summed E-state index contributed by atoms with van der Waals surface area (Å²) < 4.78 is 10.5. The van der Waals surface area contributed by atoms with E-state index in [0.717, 1.165) is 0 Å². The van der Waals surface area contributed by atoms with Gasteiger partial charge in [0.25, 0.3) is 5.69 Å². The molecule has 0 bridgehead atoms. The topological polar surface area (TPSA) is 91.6 Å². The second-order valence-corrected chi connectivity index (χ2v) is 5.37. The van der Waals surface area contributed by atoms with Crippen LogP contribution in [0.4, 0.5) is 5.69 Å². The number of rotatable bonds is 5. The summed E-state index contributed by atoms with van der Waals surface area (Å²) >= 11 is 6.09. The largest absolute Gasteiger partial charge is 0.482 e. The Morgan fingerprint density at radius 2 is 1.92 bits per heavy atom. The SMILES string of the molecule is O=C(COc1ccc([N+](=O)[O-])cc1)Oc1ccc(Cl)c2cccnc12. The van der Waals surface area contributed by atoms with Crippen LogP contribution in [0.2, 0.25) is 5.02 Å². The van der Waals surface area contributed by atoms with Crippen LogP contribution in [0.3, 0.4) is 0 Å². The number of carbonyl (C=O) groups excluding carboxylic acids is 1. The number of benzene rings is 2. The Balaban J connectivity index is 1.67. The number of halogens is 1. The Morgan fingerprint density at radius 1 is 1.16 bits per heavy atom. The normalized spacial score (nSPS) is 10.4. The molecule has 2 aromatic carbocycles. The smallest absolute Gasteiger partial charge is 0.349 e. The third-order valence-electron chi connectivity index (χ3n) is 3.31. The number of aromatic nitrogens is 1. The van der Waals surface area contributed by atoms with E-state index < -0.39 is 10.9 Å². The van der Waals surface area contributed by atoms with Gasteiger partial charge in [-0.3, -0.25) is 15.1 Å². The van der Waals surface area contributed by atoms with E-state index in [1.165, 1.54) is 24.3 Å². The molecule has 0 fully saturated rings. The van der Waals surface area contributed by atoms with Crippen LogP contribution in [0.15, 0.2) is 54.7 Å². The molecule has 8 heteroatoms. The first kappa shape index (κ1) is 16.7. The fraction of sp³-hybridized carbons (Fsp3) is 0.0588. The van der Waals surface area contributed by atoms with Gasteiger partial charge in [-0.2, -0.15) is 0 Å². The lowest BCUT2D eigenvalue weighted by atomic mass is 10.2. The zero-order valence-corrected chi connectivity index (χ0v) is 13.5. The lowest BCUT2D eigenvalue weighted by Gasteiger charge is -2.09. The zero-order chi connectivity index (χ0) is 17.8. The molecular weight excluding hydrogens is 348 g/mol. The van der Waals surface area contributed by atoms with E-state index in [1.54, 1.807) is 30.5 Å². The molecular formula is C17H11ClN2O5. The predicted molar refractivity (Wildman–Crippen MR) is 91.0 cm³/mol. The highest BCUT2D eigenvalue weighted by atomic mass is 35.5. The third kappa shape index (κ3) is 3.84. The number of hydrogen-bond acceptors (Lipinski definition) is 6. The van der Waals surface area contributed by atoms with Crippen molar-refractivity contribution < 1.29 is 19.2 Å². The Hall–Kier alpha value is -3.19. The van der Waals surface area contributed by atoms with Crippen molar-refractivity contribution in [3.05, 3.63) is 69.9 Å². The van der Waals surface area contributed by atoms with E-state index in [0.29, 0.717) is 21.7 Å². The van der Waals surface area contributed by atoms with E-state index in [9.17, 15) is 14.9 Å². The fourth-order valence-electron chi connectivity index (χ4n) is 2.15. The molecule has 25 heavy (non-hydrogen) atoms. The van der Waals surface area contributed by atoms with Gasteiger partial charge in [0.15, 0.2) is 12.4 Å². The van der Waals surface area contributed by atoms with Gasteiger partial charge in [-0.05, 0) is 36.4 Å². The molecule has 1 heterocycles. The number of nitro groups is 1. The Labute approximate surface area is 146 Å². The van der Waals surface area contributed by atoms with E-state index >= 15 is 0 Å². The highest BCUT2D eigenvalue weighted by Crippen LogP contribution is 2.29. The number of carbonyl (C=O) groups is 1. The zero-order valence-electron chi connectivity index (χ0n) is 12.7. The number of hydrogen-bond donors (Lipinski definition) is 0. The number of pyridine rings is 1. The van der Waals surface area contributed by atoms with Crippen LogP contribution in [0, 0.1) is 10.1 Å². The minimum absolute atomic E-state index is 0.0614. The van der Waals surface area contributed by atoms with E-state index in [1.807, 2.05) is 0 Å². The Kier molecular flexibility index (Phi) is 4.76. The monoisotopic (exact) mass is 358 g/mol. The molecule has 0 radical (unpaired) electrons. The molecule has 0 atom stereocenters. The van der Waals surface area contributed by atoms with Crippen molar-refractivity contribution in [1.82, 2.24) is 4.98 Å². The van der Waals surface area contributed by atoms with Crippen molar-refractivity contribution in [3.63, 3.8) is 0 Å². The van der Waals surface area contributed by atoms with Crippen molar-refractivity contribution in [3.8, 4) is 11.5 Å². The van der Waals surface area contributed by atoms with Gasteiger partial charge < -0.3 is 9.47 Å². The maximum absolute atomic E-state index is 12.0. The molecule has 0 saturated carbocycles. The third-order valence-corrected chi connectivity index (χ3v) is 3.64. The molecule has 0 aliphatic carbocycles. The summed E-state index contributed by atoms with van der Waals surface area (Å²) in [5, 5.41) is 11.8. The second-order valence-electron chi connectivity index (χ2n) is 4.96. The van der Waals surface area contributed by atoms with Crippen LogP contribution in [0.5, 0.6) is 11.5 Å². The van der Waals surface area contributed by atoms with Crippen LogP contribution >= 0.6 is 11.6 Å². The van der Waals surface area contributed by atoms with Crippen molar-refractivity contribution in [2.24, 2.45) is 0 Å². The number of esters is 1. The van der Waals surface area contributed by atoms with Crippen LogP contribution in [0.25, 0.3) is 10.9 Å². The van der Waals surface area contributed by atoms with E-state index in [2.05, 4.69) is 4.98 Å². The summed E-state index contributed by atoms with van der Waals surface area (Å²) in [4.78, 5) is 26.2. The van der Waals surface area contributed by atoms with Crippen molar-refractivity contribution >= 4 is 34.2 Å². The molecule has 0 spiro atoms. The summed E-state index contributed by atoms with van der Waals surface area (Å²) in [7, 11) is 0. The van der Waals surface area contributed by atoms with Crippen molar-refractivity contribution in [2.45, 2.75) is 0 Å². The molecule has 0 saturated heterocycles. The number of fused-ring (bicyclic) bond motifs is 1. The predicted octanol–water partition coefficient (Wildman–Crippen LogP) is 3.78. The summed E-state index contributed by atoms with van der Waals surface area (Å²) in [6.07, 6.45) is 1.57. The molecule has 0 aliphatic rings. The van der Waals surface area contributed by atoms with Gasteiger partial charge in [-0.15, -0.1) is 0 Å². The first-order valence-corrected chi connectivity index (χ1v) is 7.53. The Bertz CT molecular complexity index is 943. The molecule has 0 unspecified atom stereocenters. The van der Waals surface area contributed by atoms with Gasteiger partial charge in [0.05, 0.1) is 9.95 Å². The molecule has 0 aliphatic heterocycles. The first-order chi connectivity index (χ1) is 12.0. The van der Waals surface area contributed by atoms with Gasteiger partial charge in [-0.1, -0.05) is 11.6 Å². The van der Waals surface area contributed by atoms with Gasteiger partial charge in [-0.25, -0.2) is 4.79 Å². The van der Waals surface area contributed by atoms with Gasteiger partial charge in [0, 0.05) is 23.7 Å². The van der Waals surface area contributed by atoms with Crippen LogP contribution in [-0.4, -0.2) is 22.5 Å². The molecule has 7 nitrogen and oxygen atoms in total. The fourth-order valence-corrected chi connectivity index (χ4v) is 2.37. The minimum atomic E-state index is -0.632. The lowest BCUT2D eigenvalue weighted by molar-refractivity contribution is -0.384. The second kappa shape index (κ2) is 7.14. The van der Waals surface area contributed by atoms with Crippen molar-refractivity contribution in [1.29, 1.82) is 0 Å². The van der Waals surface area contributed by atoms with Gasteiger partial charge >= 0.3 is 5.97 Å². The summed E-state index contributed by atoms with van der Waals surface area (Å²) in [6.45, 7) is -0.352. The lowest BCUT2D eigenvalue weighted by Crippen LogP contribution is -2.18. The molecule has 0 amide bonds. The highest BCUT2D eigenvalue weighted by molar-refractivity contribution is 6.35. The quantitative estimate of drug-likeness (QED) is 0.298. The molecule has 3 rings (SSSR count). The van der Waals surface area contributed by atoms with Gasteiger partial charge in [0.1, 0.15) is 11.3 Å². The summed E-state index contributed by atoms with van der Waals surface area (Å²) in [5.74, 6) is -0.0356. The number of nitrogens with zero attached hydrogens (tertiary/aromatic N) is 2. The molecule has 1 aromatic heterocycles. The minimum Gasteiger partial charge on any atom is -0.482 e. The number of ether oxygens (including phenoxy) is 2. The maximum Gasteiger partial charge on any atom is 0.349 e. The molecule has 0 N–H and O–H groups in total. The summed E-state index contributed by atoms with van der Waals surface area (Å²) in [6, 6.07) is 12.1. The maximum atomic E-state index is 12.0. The van der Waals surface area contributed by atoms with E-state index in [4.69, 9.17) is 21.1 Å². The average Bonchev–Trinajstić information content (AvgIpc) is 2.63. The summed E-state index contributed by atoms with van der Waals surface area (Å²) in [5.41, 5.74) is 0.410. The molecule has 126 valence electrons. The van der Waals surface area contributed by atoms with Crippen LogP contribution in [0.1, 0.15) is 0 Å². The standard InChI is InChI=1S/C17H11ClN2O5/c18-14-7-8-15(17-13(14)2-1-9-19-17)25-16(21)10-24-12-5-3-11(4-6-12)20(22)23/h1-9H,10H2. The average molecular weight is 359 g/mol. The van der Waals surface area contributed by atoms with Gasteiger partial charge in [0.2, 0.25) is 0 Å². The van der Waals surface area contributed by atoms with Crippen molar-refractivity contribution in [2.75, 3.05) is 6.61 Å². The highest BCUT2D eigenvalue weighted by Gasteiger charge is 2.12. The van der Waals surface area contributed by atoms with Crippen LogP contribution < -0.4 is 9.47 Å². The van der Waals surface area contributed by atoms with E-state index in [-0.39, 0.29) is 18.0 Å². The molecule has 3 aromatic rings. The number of non-ortho nitro benzene ring substituents is 1. The number of nitro benzene ring substituents is 1. The first-order valence-electron chi connectivity index (χ1n) is 7.16. The Morgan fingerprint density at radius 3 is 2.64 bits per heavy atom.